The molecule has 240 valence electrons. The van der Waals surface area contributed by atoms with Crippen molar-refractivity contribution in [3.05, 3.63) is 114 Å². The van der Waals surface area contributed by atoms with Crippen LogP contribution in [0.2, 0.25) is 0 Å². The molecular weight excluding hydrogens is 631 g/mol. The number of aliphatic carboxylic acids is 1. The number of fused-ring (bicyclic) bond motifs is 1. The molecule has 2 atom stereocenters. The minimum absolute atomic E-state index is 0.0406. The smallest absolute Gasteiger partial charge is 0.321 e. The first-order chi connectivity index (χ1) is 21.7. The molecule has 1 aliphatic carbocycles. The number of carbonyl (C=O) groups is 2. The standard InChI is InChI=1S/C33H33N3O8S2/c1-21(2)29(32(38)39)36-46(42,43)33(19-17-24(18-20-33)23-11-6-4-7-12-23)34-31(37)30-22(3)28-26(15-10-16-27(28)44-30)35-45(40,41)25-13-8-5-9-14-25/h4-19,21,29,35-36H,20H2,1-3H3,(H,34,37)(H,38,39). The molecule has 0 saturated heterocycles. The number of amides is 1. The van der Waals surface area contributed by atoms with Crippen molar-refractivity contribution in [2.75, 3.05) is 4.72 Å². The van der Waals surface area contributed by atoms with Crippen LogP contribution in [0.4, 0.5) is 5.69 Å². The number of sulfonamides is 2. The molecule has 11 nitrogen and oxygen atoms in total. The fourth-order valence-corrected chi connectivity index (χ4v) is 8.01. The highest BCUT2D eigenvalue weighted by atomic mass is 32.2. The van der Waals surface area contributed by atoms with E-state index in [1.807, 2.05) is 30.3 Å². The summed E-state index contributed by atoms with van der Waals surface area (Å²) in [6, 6.07) is 20.2. The van der Waals surface area contributed by atoms with Crippen molar-refractivity contribution in [2.24, 2.45) is 5.92 Å². The summed E-state index contributed by atoms with van der Waals surface area (Å²) in [5, 5.41) is 12.6. The Bertz CT molecular complexity index is 2070. The SMILES string of the molecule is Cc1c(C(=O)NC2(S(=O)(=O)NC(C(=O)O)C(C)C)C=CC(c3ccccc3)=CC2)oc2cccc(NS(=O)(=O)c3ccccc3)c12. The highest BCUT2D eigenvalue weighted by Crippen LogP contribution is 2.35. The van der Waals surface area contributed by atoms with Crippen molar-refractivity contribution in [1.29, 1.82) is 0 Å². The van der Waals surface area contributed by atoms with Crippen molar-refractivity contribution in [1.82, 2.24) is 10.0 Å². The van der Waals surface area contributed by atoms with Gasteiger partial charge in [0, 0.05) is 17.4 Å². The second kappa shape index (κ2) is 12.6. The summed E-state index contributed by atoms with van der Waals surface area (Å²) in [5.74, 6) is -3.09. The predicted octanol–water partition coefficient (Wildman–Crippen LogP) is 5.04. The van der Waals surface area contributed by atoms with Crippen molar-refractivity contribution in [3.63, 3.8) is 0 Å². The van der Waals surface area contributed by atoms with Gasteiger partial charge in [0.15, 0.2) is 10.6 Å². The monoisotopic (exact) mass is 663 g/mol. The third kappa shape index (κ3) is 6.34. The Kier molecular flexibility index (Phi) is 8.94. The molecule has 46 heavy (non-hydrogen) atoms. The molecule has 1 aliphatic rings. The number of allylic oxidation sites excluding steroid dienone is 2. The Hall–Kier alpha value is -4.72. The molecule has 3 aromatic carbocycles. The number of carboxylic acid groups (broad SMARTS) is 1. The minimum Gasteiger partial charge on any atom is -0.480 e. The van der Waals surface area contributed by atoms with Gasteiger partial charge in [0.25, 0.3) is 15.9 Å². The molecule has 0 aliphatic heterocycles. The van der Waals surface area contributed by atoms with E-state index in [-0.39, 0.29) is 33.9 Å². The fraction of sp³-hybridized carbons (Fsp3) is 0.212. The van der Waals surface area contributed by atoms with Gasteiger partial charge >= 0.3 is 5.97 Å². The molecule has 2 unspecified atom stereocenters. The minimum atomic E-state index is -4.58. The van der Waals surface area contributed by atoms with Crippen LogP contribution in [0.1, 0.15) is 41.9 Å². The number of anilines is 1. The average Bonchev–Trinajstić information content (AvgIpc) is 3.38. The summed E-state index contributed by atoms with van der Waals surface area (Å²) in [7, 11) is -8.56. The molecule has 0 spiro atoms. The van der Waals surface area contributed by atoms with Gasteiger partial charge in [-0.3, -0.25) is 14.3 Å². The molecule has 4 aromatic rings. The third-order valence-corrected chi connectivity index (χ3v) is 11.1. The van der Waals surface area contributed by atoms with E-state index >= 15 is 0 Å². The van der Waals surface area contributed by atoms with Crippen LogP contribution in [0, 0.1) is 12.8 Å². The Balaban J connectivity index is 1.53. The lowest BCUT2D eigenvalue weighted by Crippen LogP contribution is -2.60. The number of hydrogen-bond acceptors (Lipinski definition) is 7. The van der Waals surface area contributed by atoms with Crippen LogP contribution in [0.25, 0.3) is 16.5 Å². The van der Waals surface area contributed by atoms with Crippen LogP contribution in [0.3, 0.4) is 0 Å². The van der Waals surface area contributed by atoms with Gasteiger partial charge in [0.1, 0.15) is 11.6 Å². The maximum Gasteiger partial charge on any atom is 0.321 e. The number of furan rings is 1. The highest BCUT2D eigenvalue weighted by molar-refractivity contribution is 7.92. The topological polar surface area (TPSA) is 172 Å². The van der Waals surface area contributed by atoms with Crippen LogP contribution in [-0.2, 0) is 24.8 Å². The lowest BCUT2D eigenvalue weighted by atomic mass is 9.96. The van der Waals surface area contributed by atoms with Crippen molar-refractivity contribution < 1.29 is 35.9 Å². The first kappa shape index (κ1) is 32.7. The number of carboxylic acids is 1. The van der Waals surface area contributed by atoms with E-state index in [0.717, 1.165) is 11.1 Å². The molecule has 5 rings (SSSR count). The molecule has 0 saturated carbocycles. The molecule has 1 heterocycles. The van der Waals surface area contributed by atoms with E-state index in [1.165, 1.54) is 24.3 Å². The van der Waals surface area contributed by atoms with Gasteiger partial charge in [-0.2, -0.15) is 4.72 Å². The quantitative estimate of drug-likeness (QED) is 0.173. The second-order valence-corrected chi connectivity index (χ2v) is 14.9. The van der Waals surface area contributed by atoms with Crippen LogP contribution < -0.4 is 14.8 Å². The van der Waals surface area contributed by atoms with Crippen molar-refractivity contribution in [3.8, 4) is 0 Å². The Morgan fingerprint density at radius 3 is 2.15 bits per heavy atom. The molecule has 0 bridgehead atoms. The molecule has 1 amide bonds. The molecule has 4 N–H and O–H groups in total. The summed E-state index contributed by atoms with van der Waals surface area (Å²) in [6.07, 6.45) is 4.32. The molecule has 0 radical (unpaired) electrons. The second-order valence-electron chi connectivity index (χ2n) is 11.2. The van der Waals surface area contributed by atoms with Crippen LogP contribution in [0.5, 0.6) is 0 Å². The highest BCUT2D eigenvalue weighted by Gasteiger charge is 2.46. The molecule has 13 heteroatoms. The zero-order valence-corrected chi connectivity index (χ0v) is 26.9. The zero-order valence-electron chi connectivity index (χ0n) is 25.2. The van der Waals surface area contributed by atoms with Gasteiger partial charge in [0.05, 0.1) is 10.6 Å². The first-order valence-electron chi connectivity index (χ1n) is 14.4. The first-order valence-corrected chi connectivity index (χ1v) is 17.3. The zero-order chi connectivity index (χ0) is 33.3. The van der Waals surface area contributed by atoms with E-state index in [2.05, 4.69) is 14.8 Å². The lowest BCUT2D eigenvalue weighted by molar-refractivity contribution is -0.140. The number of aryl methyl sites for hydroxylation is 1. The summed E-state index contributed by atoms with van der Waals surface area (Å²) >= 11 is 0. The lowest BCUT2D eigenvalue weighted by Gasteiger charge is -2.34. The summed E-state index contributed by atoms with van der Waals surface area (Å²) in [6.45, 7) is 4.69. The van der Waals surface area contributed by atoms with E-state index in [4.69, 9.17) is 4.42 Å². The average molecular weight is 664 g/mol. The van der Waals surface area contributed by atoms with E-state index < -0.39 is 48.8 Å². The van der Waals surface area contributed by atoms with E-state index in [0.29, 0.717) is 5.39 Å². The predicted molar refractivity (Wildman–Crippen MR) is 175 cm³/mol. The van der Waals surface area contributed by atoms with Gasteiger partial charge in [0.2, 0.25) is 10.0 Å². The van der Waals surface area contributed by atoms with Crippen LogP contribution in [-0.4, -0.2) is 44.7 Å². The van der Waals surface area contributed by atoms with Crippen molar-refractivity contribution >= 4 is 54.2 Å². The number of hydrogen-bond donors (Lipinski definition) is 4. The number of benzene rings is 3. The molecule has 0 fully saturated rings. The van der Waals surface area contributed by atoms with Gasteiger partial charge in [-0.25, -0.2) is 16.8 Å². The Morgan fingerprint density at radius 1 is 0.913 bits per heavy atom. The van der Waals surface area contributed by atoms with Crippen molar-refractivity contribution in [2.45, 2.75) is 43.0 Å². The molecule has 1 aromatic heterocycles. The van der Waals surface area contributed by atoms with E-state index in [9.17, 15) is 31.5 Å². The Labute approximate surface area is 267 Å². The number of carbonyl (C=O) groups excluding carboxylic acids is 1. The summed E-state index contributed by atoms with van der Waals surface area (Å²) in [4.78, 5) is 23.8. The van der Waals surface area contributed by atoms with E-state index in [1.54, 1.807) is 63.3 Å². The number of nitrogens with one attached hydrogen (secondary N) is 3. The maximum atomic E-state index is 14.0. The largest absolute Gasteiger partial charge is 0.480 e. The normalized spacial score (nSPS) is 17.4. The number of rotatable bonds is 11. The van der Waals surface area contributed by atoms with Gasteiger partial charge < -0.3 is 14.8 Å². The van der Waals surface area contributed by atoms with Gasteiger partial charge in [-0.05, 0) is 54.3 Å². The molecular formula is C33H33N3O8S2. The van der Waals surface area contributed by atoms with Crippen LogP contribution >= 0.6 is 0 Å². The Morgan fingerprint density at radius 2 is 1.57 bits per heavy atom. The van der Waals surface area contributed by atoms with Crippen LogP contribution in [0.15, 0.2) is 106 Å². The van der Waals surface area contributed by atoms with Gasteiger partial charge in [-0.15, -0.1) is 0 Å². The maximum absolute atomic E-state index is 14.0. The summed E-state index contributed by atoms with van der Waals surface area (Å²) in [5.41, 5.74) is 2.18. The third-order valence-electron chi connectivity index (χ3n) is 7.74. The fourth-order valence-electron chi connectivity index (χ4n) is 5.23. The summed E-state index contributed by atoms with van der Waals surface area (Å²) < 4.78 is 64.8. The van der Waals surface area contributed by atoms with Gasteiger partial charge in [-0.1, -0.05) is 80.6 Å².